The van der Waals surface area contributed by atoms with Crippen LogP contribution in [0.1, 0.15) is 142 Å². The number of carbonyl (C=O) groups is 2. The number of unbranched alkanes of at least 4 members (excludes halogenated alkanes) is 16. The molecular formula is C27H53O8P. The Bertz CT molecular complexity index is 585. The fourth-order valence-corrected chi connectivity index (χ4v) is 5.27. The highest BCUT2D eigenvalue weighted by Crippen LogP contribution is 2.44. The Hall–Kier alpha value is -0.630. The first kappa shape index (κ1) is 35.4. The van der Waals surface area contributed by atoms with E-state index in [-0.39, 0.29) is 12.8 Å². The van der Waals surface area contributed by atoms with Gasteiger partial charge in [-0.2, -0.15) is 0 Å². The summed E-state index contributed by atoms with van der Waals surface area (Å²) in [6.07, 6.45) is 15.8. The largest absolute Gasteiger partial charge is 0.471 e. The normalized spacial score (nSPS) is 13.2. The van der Waals surface area contributed by atoms with Crippen molar-refractivity contribution in [3.05, 3.63) is 0 Å². The van der Waals surface area contributed by atoms with E-state index < -0.39 is 37.7 Å². The molecule has 0 aromatic heterocycles. The highest BCUT2D eigenvalue weighted by Gasteiger charge is 2.55. The van der Waals surface area contributed by atoms with E-state index in [0.717, 1.165) is 51.4 Å². The van der Waals surface area contributed by atoms with Gasteiger partial charge in [0.05, 0.1) is 6.61 Å². The quantitative estimate of drug-likeness (QED) is 0.0584. The minimum atomic E-state index is -5.30. The van der Waals surface area contributed by atoms with Gasteiger partial charge in [0.15, 0.2) is 11.6 Å². The van der Waals surface area contributed by atoms with Gasteiger partial charge in [-0.15, -0.1) is 0 Å². The Labute approximate surface area is 218 Å². The molecule has 214 valence electrons. The molecule has 0 saturated heterocycles. The van der Waals surface area contributed by atoms with Crippen LogP contribution in [-0.4, -0.2) is 49.9 Å². The number of aliphatic hydroxyl groups excluding tert-OH is 2. The van der Waals surface area contributed by atoms with E-state index in [4.69, 9.17) is 4.52 Å². The second-order valence-electron chi connectivity index (χ2n) is 10.0. The van der Waals surface area contributed by atoms with Gasteiger partial charge in [0.1, 0.15) is 6.10 Å². The number of phosphoric acid groups is 1. The highest BCUT2D eigenvalue weighted by molar-refractivity contribution is 7.46. The van der Waals surface area contributed by atoms with Crippen LogP contribution < -0.4 is 0 Å². The van der Waals surface area contributed by atoms with Crippen molar-refractivity contribution in [2.75, 3.05) is 6.61 Å². The molecule has 0 aliphatic heterocycles. The molecule has 0 heterocycles. The highest BCUT2D eigenvalue weighted by atomic mass is 31.2. The van der Waals surface area contributed by atoms with Gasteiger partial charge in [0, 0.05) is 12.8 Å². The summed E-state index contributed by atoms with van der Waals surface area (Å²) in [5.41, 5.74) is -2.74. The predicted molar refractivity (Wildman–Crippen MR) is 143 cm³/mol. The van der Waals surface area contributed by atoms with Gasteiger partial charge in [0.2, 0.25) is 5.60 Å². The monoisotopic (exact) mass is 536 g/mol. The molecule has 0 rings (SSSR count). The maximum absolute atomic E-state index is 13.1. The third kappa shape index (κ3) is 15.6. The maximum Gasteiger partial charge on any atom is 0.471 e. The van der Waals surface area contributed by atoms with Crippen LogP contribution in [-0.2, 0) is 18.7 Å². The lowest BCUT2D eigenvalue weighted by Gasteiger charge is -2.34. The van der Waals surface area contributed by atoms with Gasteiger partial charge in [-0.25, -0.2) is 4.57 Å². The van der Waals surface area contributed by atoms with E-state index in [0.29, 0.717) is 12.8 Å². The van der Waals surface area contributed by atoms with Crippen LogP contribution in [0.15, 0.2) is 0 Å². The van der Waals surface area contributed by atoms with Crippen molar-refractivity contribution in [1.29, 1.82) is 0 Å². The van der Waals surface area contributed by atoms with E-state index in [9.17, 15) is 34.2 Å². The van der Waals surface area contributed by atoms with Crippen LogP contribution >= 0.6 is 7.82 Å². The van der Waals surface area contributed by atoms with E-state index in [1.807, 2.05) is 0 Å². The second-order valence-corrected chi connectivity index (χ2v) is 11.2. The van der Waals surface area contributed by atoms with Crippen molar-refractivity contribution >= 4 is 19.4 Å². The third-order valence-corrected chi connectivity index (χ3v) is 7.27. The van der Waals surface area contributed by atoms with Crippen molar-refractivity contribution in [2.24, 2.45) is 0 Å². The Morgan fingerprint density at radius 1 is 0.667 bits per heavy atom. The second kappa shape index (κ2) is 21.3. The van der Waals surface area contributed by atoms with Crippen LogP contribution in [0.2, 0.25) is 0 Å². The van der Waals surface area contributed by atoms with Gasteiger partial charge in [-0.3, -0.25) is 14.1 Å². The minimum absolute atomic E-state index is 0.156. The van der Waals surface area contributed by atoms with Gasteiger partial charge in [0.25, 0.3) is 0 Å². The number of carbonyl (C=O) groups excluding carboxylic acids is 2. The number of hydrogen-bond donors (Lipinski definition) is 4. The van der Waals surface area contributed by atoms with Crippen LogP contribution in [0.25, 0.3) is 0 Å². The minimum Gasteiger partial charge on any atom is -0.394 e. The van der Waals surface area contributed by atoms with Gasteiger partial charge >= 0.3 is 7.82 Å². The molecule has 0 aromatic carbocycles. The Morgan fingerprint density at radius 3 is 1.25 bits per heavy atom. The molecule has 0 aliphatic rings. The zero-order valence-electron chi connectivity index (χ0n) is 22.8. The molecular weight excluding hydrogens is 483 g/mol. The lowest BCUT2D eigenvalue weighted by Crippen LogP contribution is -2.58. The van der Waals surface area contributed by atoms with E-state index in [1.54, 1.807) is 0 Å². The number of hydrogen-bond acceptors (Lipinski definition) is 6. The first-order valence-electron chi connectivity index (χ1n) is 14.3. The van der Waals surface area contributed by atoms with Crippen molar-refractivity contribution in [3.63, 3.8) is 0 Å². The predicted octanol–water partition coefficient (Wildman–Crippen LogP) is 6.17. The number of ketones is 2. The molecule has 0 amide bonds. The van der Waals surface area contributed by atoms with Crippen molar-refractivity contribution < 1.29 is 38.7 Å². The first-order chi connectivity index (χ1) is 17.2. The average molecular weight is 537 g/mol. The molecule has 0 radical (unpaired) electrons. The molecule has 0 saturated carbocycles. The van der Waals surface area contributed by atoms with E-state index in [1.165, 1.54) is 51.4 Å². The zero-order chi connectivity index (χ0) is 27.3. The first-order valence-corrected chi connectivity index (χ1v) is 15.8. The molecule has 1 atom stereocenters. The topological polar surface area (TPSA) is 141 Å². The summed E-state index contributed by atoms with van der Waals surface area (Å²) in [5.74, 6) is -1.76. The lowest BCUT2D eigenvalue weighted by molar-refractivity contribution is -0.164. The molecule has 9 heteroatoms. The van der Waals surface area contributed by atoms with Crippen LogP contribution in [0.5, 0.6) is 0 Å². The molecule has 0 aromatic rings. The summed E-state index contributed by atoms with van der Waals surface area (Å²) in [6.45, 7) is 3.32. The number of aliphatic hydroxyl groups is 2. The average Bonchev–Trinajstić information content (AvgIpc) is 2.83. The fourth-order valence-electron chi connectivity index (χ4n) is 4.57. The van der Waals surface area contributed by atoms with Gasteiger partial charge in [-0.05, 0) is 12.8 Å². The molecule has 4 N–H and O–H groups in total. The zero-order valence-corrected chi connectivity index (χ0v) is 23.7. The summed E-state index contributed by atoms with van der Waals surface area (Å²) >= 11 is 0. The molecule has 0 unspecified atom stereocenters. The smallest absolute Gasteiger partial charge is 0.394 e. The Morgan fingerprint density at radius 2 is 0.972 bits per heavy atom. The summed E-state index contributed by atoms with van der Waals surface area (Å²) in [6, 6.07) is 0. The molecule has 0 fully saturated rings. The number of rotatable bonds is 26. The summed E-state index contributed by atoms with van der Waals surface area (Å²) in [5, 5.41) is 19.9. The number of Topliss-reactive ketones (excluding diaryl/α,β-unsaturated/α-hetero) is 2. The Kier molecular flexibility index (Phi) is 20.9. The summed E-state index contributed by atoms with van der Waals surface area (Å²) in [4.78, 5) is 45.1. The standard InChI is InChI=1S/C27H53O8P/c1-3-5-7-9-11-13-15-17-19-21-24(29)27(26(31)23-28,35-36(32,33)34)25(30)22-20-18-16-14-12-10-8-6-4-2/h26,28,31H,3-23H2,1-2H3,(H2,32,33,34)/t26-/m0/s1. The molecule has 0 aliphatic carbocycles. The van der Waals surface area contributed by atoms with Crippen molar-refractivity contribution in [2.45, 2.75) is 154 Å². The number of phosphoric ester groups is 1. The molecule has 0 spiro atoms. The van der Waals surface area contributed by atoms with E-state index in [2.05, 4.69) is 13.8 Å². The molecule has 8 nitrogen and oxygen atoms in total. The van der Waals surface area contributed by atoms with Crippen LogP contribution in [0, 0.1) is 0 Å². The van der Waals surface area contributed by atoms with Crippen LogP contribution in [0.4, 0.5) is 0 Å². The Balaban J connectivity index is 4.88. The van der Waals surface area contributed by atoms with Crippen LogP contribution in [0.3, 0.4) is 0 Å². The van der Waals surface area contributed by atoms with Crippen molar-refractivity contribution in [3.8, 4) is 0 Å². The fraction of sp³-hybridized carbons (Fsp3) is 0.926. The summed E-state index contributed by atoms with van der Waals surface area (Å²) in [7, 11) is -5.30. The SMILES string of the molecule is CCCCCCCCCCCC(=O)C(OP(=O)(O)O)(C(=O)CCCCCCCCCCC)[C@@H](O)CO. The lowest BCUT2D eigenvalue weighted by atomic mass is 9.82. The third-order valence-electron chi connectivity index (χ3n) is 6.75. The molecule has 0 bridgehead atoms. The van der Waals surface area contributed by atoms with Gasteiger partial charge in [-0.1, -0.05) is 117 Å². The summed E-state index contributed by atoms with van der Waals surface area (Å²) < 4.78 is 16.4. The van der Waals surface area contributed by atoms with Gasteiger partial charge < -0.3 is 20.0 Å². The van der Waals surface area contributed by atoms with E-state index >= 15 is 0 Å². The van der Waals surface area contributed by atoms with Crippen molar-refractivity contribution in [1.82, 2.24) is 0 Å². The maximum atomic E-state index is 13.1. The molecule has 36 heavy (non-hydrogen) atoms.